The Labute approximate surface area is 81.9 Å². The van der Waals surface area contributed by atoms with Crippen LogP contribution in [0.3, 0.4) is 0 Å². The minimum atomic E-state index is -2.98. The van der Waals surface area contributed by atoms with Crippen molar-refractivity contribution in [1.82, 2.24) is 4.98 Å². The molecular weight excluding hydrogens is 215 g/mol. The minimum Gasteiger partial charge on any atom is -0.325 e. The topological polar surface area (TPSA) is 82.0 Å². The van der Waals surface area contributed by atoms with Gasteiger partial charge in [0.2, 0.25) is 0 Å². The predicted molar refractivity (Wildman–Crippen MR) is 43.7 cm³/mol. The second kappa shape index (κ2) is 4.22. The van der Waals surface area contributed by atoms with Crippen molar-refractivity contribution in [2.24, 2.45) is 5.73 Å². The third kappa shape index (κ3) is 2.21. The van der Waals surface area contributed by atoms with E-state index in [1.54, 1.807) is 0 Å². The molecule has 0 aliphatic heterocycles. The summed E-state index contributed by atoms with van der Waals surface area (Å²) in [7, 11) is 0. The molecule has 1 rings (SSSR count). The summed E-state index contributed by atoms with van der Waals surface area (Å²) in [5, 5.41) is 10.2. The number of nitrogens with zero attached hydrogens (tertiary/aromatic N) is 2. The van der Waals surface area contributed by atoms with Crippen LogP contribution in [0.5, 0.6) is 0 Å². The maximum Gasteiger partial charge on any atom is 0.324 e. The molecule has 1 aromatic rings. The first-order chi connectivity index (χ1) is 6.97. The maximum atomic E-state index is 12.9. The van der Waals surface area contributed by atoms with Crippen LogP contribution in [0.1, 0.15) is 17.7 Å². The summed E-state index contributed by atoms with van der Waals surface area (Å²) in [4.78, 5) is 12.1. The largest absolute Gasteiger partial charge is 0.325 e. The fraction of sp³-hybridized carbons (Fsp3) is 0.286. The van der Waals surface area contributed by atoms with Crippen molar-refractivity contribution in [3.63, 3.8) is 0 Å². The molecule has 0 unspecified atom stereocenters. The lowest BCUT2D eigenvalue weighted by atomic mass is 10.2. The van der Waals surface area contributed by atoms with E-state index in [9.17, 15) is 23.3 Å². The molecule has 0 spiro atoms. The van der Waals surface area contributed by atoms with Crippen LogP contribution in [0.4, 0.5) is 18.9 Å². The number of rotatable bonds is 3. The molecule has 0 fully saturated rings. The van der Waals surface area contributed by atoms with Crippen LogP contribution in [-0.4, -0.2) is 9.91 Å². The number of pyridine rings is 1. The van der Waals surface area contributed by atoms with Crippen molar-refractivity contribution in [2.75, 3.05) is 0 Å². The first kappa shape index (κ1) is 11.4. The average molecular weight is 221 g/mol. The summed E-state index contributed by atoms with van der Waals surface area (Å²) in [6.07, 6.45) is -2.98. The third-order valence-electron chi connectivity index (χ3n) is 1.70. The van der Waals surface area contributed by atoms with Gasteiger partial charge in [0.05, 0.1) is 10.6 Å². The molecule has 15 heavy (non-hydrogen) atoms. The molecule has 0 saturated heterocycles. The van der Waals surface area contributed by atoms with Gasteiger partial charge in [0, 0.05) is 18.2 Å². The molecule has 0 amide bonds. The zero-order valence-corrected chi connectivity index (χ0v) is 7.28. The quantitative estimate of drug-likeness (QED) is 0.476. The molecule has 0 saturated carbocycles. The molecule has 0 atom stereocenters. The van der Waals surface area contributed by atoms with Crippen LogP contribution in [0.25, 0.3) is 0 Å². The highest BCUT2D eigenvalue weighted by Crippen LogP contribution is 2.27. The number of aromatic nitrogens is 1. The van der Waals surface area contributed by atoms with E-state index in [2.05, 4.69) is 4.98 Å². The number of hydrogen-bond donors (Lipinski definition) is 1. The van der Waals surface area contributed by atoms with Crippen LogP contribution in [0, 0.1) is 16.1 Å². The van der Waals surface area contributed by atoms with Gasteiger partial charge in [-0.1, -0.05) is 0 Å². The Bertz CT molecular complexity index is 397. The standard InChI is InChI=1S/C7H6F3N3O2/c8-6(9)3-1-5(13(14)15)7(10)12-4(3)2-11/h1,6H,2,11H2. The van der Waals surface area contributed by atoms with Gasteiger partial charge in [-0.3, -0.25) is 10.1 Å². The van der Waals surface area contributed by atoms with E-state index in [-0.39, 0.29) is 5.69 Å². The van der Waals surface area contributed by atoms with Crippen LogP contribution >= 0.6 is 0 Å². The van der Waals surface area contributed by atoms with Gasteiger partial charge in [-0.05, 0) is 0 Å². The molecule has 1 aromatic heterocycles. The Balaban J connectivity index is 3.37. The first-order valence-electron chi connectivity index (χ1n) is 3.79. The minimum absolute atomic E-state index is 0.381. The van der Waals surface area contributed by atoms with Crippen LogP contribution < -0.4 is 5.73 Å². The van der Waals surface area contributed by atoms with E-state index in [0.717, 1.165) is 0 Å². The Morgan fingerprint density at radius 3 is 2.60 bits per heavy atom. The smallest absolute Gasteiger partial charge is 0.324 e. The van der Waals surface area contributed by atoms with Crippen molar-refractivity contribution in [3.8, 4) is 0 Å². The second-order valence-electron chi connectivity index (χ2n) is 2.60. The SMILES string of the molecule is NCc1nc(F)c([N+](=O)[O-])cc1C(F)F. The van der Waals surface area contributed by atoms with Gasteiger partial charge in [-0.15, -0.1) is 0 Å². The molecule has 0 bridgehead atoms. The molecule has 0 aliphatic rings. The Kier molecular flexibility index (Phi) is 3.20. The van der Waals surface area contributed by atoms with Gasteiger partial charge in [0.15, 0.2) is 0 Å². The van der Waals surface area contributed by atoms with Crippen LogP contribution in [-0.2, 0) is 6.54 Å². The van der Waals surface area contributed by atoms with Crippen molar-refractivity contribution in [2.45, 2.75) is 13.0 Å². The van der Waals surface area contributed by atoms with Crippen molar-refractivity contribution < 1.29 is 18.1 Å². The van der Waals surface area contributed by atoms with Crippen molar-refractivity contribution >= 4 is 5.69 Å². The lowest BCUT2D eigenvalue weighted by Gasteiger charge is -2.05. The van der Waals surface area contributed by atoms with Crippen LogP contribution in [0.2, 0.25) is 0 Å². The number of nitro groups is 1. The highest BCUT2D eigenvalue weighted by Gasteiger charge is 2.23. The molecular formula is C7H6F3N3O2. The molecule has 5 nitrogen and oxygen atoms in total. The van der Waals surface area contributed by atoms with Crippen molar-refractivity contribution in [1.29, 1.82) is 0 Å². The van der Waals surface area contributed by atoms with Gasteiger partial charge in [0.25, 0.3) is 12.4 Å². The Morgan fingerprint density at radius 2 is 2.20 bits per heavy atom. The monoisotopic (exact) mass is 221 g/mol. The average Bonchev–Trinajstić information content (AvgIpc) is 2.16. The Hall–Kier alpha value is -1.70. The highest BCUT2D eigenvalue weighted by molar-refractivity contribution is 5.36. The van der Waals surface area contributed by atoms with Gasteiger partial charge >= 0.3 is 5.69 Å². The van der Waals surface area contributed by atoms with E-state index >= 15 is 0 Å². The van der Waals surface area contributed by atoms with Crippen LogP contribution in [0.15, 0.2) is 6.07 Å². The Morgan fingerprint density at radius 1 is 1.60 bits per heavy atom. The van der Waals surface area contributed by atoms with E-state index in [4.69, 9.17) is 5.73 Å². The summed E-state index contributed by atoms with van der Waals surface area (Å²) < 4.78 is 37.6. The first-order valence-corrected chi connectivity index (χ1v) is 3.79. The molecule has 0 radical (unpaired) electrons. The van der Waals surface area contributed by atoms with E-state index in [1.807, 2.05) is 0 Å². The third-order valence-corrected chi connectivity index (χ3v) is 1.70. The van der Waals surface area contributed by atoms with E-state index in [1.165, 1.54) is 0 Å². The zero-order chi connectivity index (χ0) is 11.6. The summed E-state index contributed by atoms with van der Waals surface area (Å²) in [5.74, 6) is -1.41. The van der Waals surface area contributed by atoms with Gasteiger partial charge in [-0.25, -0.2) is 13.8 Å². The number of hydrogen-bond acceptors (Lipinski definition) is 4. The normalized spacial score (nSPS) is 10.7. The molecule has 1 heterocycles. The molecule has 82 valence electrons. The van der Waals surface area contributed by atoms with Crippen molar-refractivity contribution in [3.05, 3.63) is 33.4 Å². The molecule has 8 heteroatoms. The van der Waals surface area contributed by atoms with Gasteiger partial charge in [-0.2, -0.15) is 4.39 Å². The molecule has 0 aliphatic carbocycles. The summed E-state index contributed by atoms with van der Waals surface area (Å²) >= 11 is 0. The number of alkyl halides is 2. The van der Waals surface area contributed by atoms with E-state index < -0.39 is 35.1 Å². The lowest BCUT2D eigenvalue weighted by molar-refractivity contribution is -0.388. The summed E-state index contributed by atoms with van der Waals surface area (Å²) in [5.41, 5.74) is 2.87. The lowest BCUT2D eigenvalue weighted by Crippen LogP contribution is -2.08. The number of nitrogens with two attached hydrogens (primary N) is 1. The van der Waals surface area contributed by atoms with Gasteiger partial charge < -0.3 is 5.73 Å². The highest BCUT2D eigenvalue weighted by atomic mass is 19.3. The fourth-order valence-electron chi connectivity index (χ4n) is 1.01. The predicted octanol–water partition coefficient (Wildman–Crippen LogP) is 1.53. The maximum absolute atomic E-state index is 12.9. The zero-order valence-electron chi connectivity index (χ0n) is 7.28. The number of halogens is 3. The second-order valence-corrected chi connectivity index (χ2v) is 2.60. The molecule has 2 N–H and O–H groups in total. The fourth-order valence-corrected chi connectivity index (χ4v) is 1.01. The molecule has 0 aromatic carbocycles. The van der Waals surface area contributed by atoms with E-state index in [0.29, 0.717) is 6.07 Å². The summed E-state index contributed by atoms with van der Waals surface area (Å²) in [6, 6.07) is 0.454. The van der Waals surface area contributed by atoms with Gasteiger partial charge in [0.1, 0.15) is 0 Å². The summed E-state index contributed by atoms with van der Waals surface area (Å²) in [6.45, 7) is -0.408.